The van der Waals surface area contributed by atoms with Crippen molar-refractivity contribution in [3.63, 3.8) is 0 Å². The average molecular weight is 730 g/mol. The van der Waals surface area contributed by atoms with Crippen molar-refractivity contribution in [1.29, 1.82) is 0 Å². The second-order valence-electron chi connectivity index (χ2n) is 14.4. The van der Waals surface area contributed by atoms with Gasteiger partial charge >= 0.3 is 0 Å². The van der Waals surface area contributed by atoms with Crippen LogP contribution in [0.2, 0.25) is 0 Å². The molecule has 6 rings (SSSR count). The van der Waals surface area contributed by atoms with Crippen molar-refractivity contribution in [3.8, 4) is 11.5 Å². The number of fused-ring (bicyclic) bond motifs is 17. The fourth-order valence-corrected chi connectivity index (χ4v) is 6.33. The molecule has 2 bridgehead atoms. The summed E-state index contributed by atoms with van der Waals surface area (Å²) in [5.41, 5.74) is 1.46. The summed E-state index contributed by atoms with van der Waals surface area (Å²) in [7, 11) is 3.23. The number of imidazole rings is 1. The molecule has 14 nitrogen and oxygen atoms in total. The van der Waals surface area contributed by atoms with E-state index in [1.807, 2.05) is 12.1 Å². The van der Waals surface area contributed by atoms with Gasteiger partial charge in [0.1, 0.15) is 36.2 Å². The van der Waals surface area contributed by atoms with E-state index in [4.69, 9.17) is 9.47 Å². The van der Waals surface area contributed by atoms with E-state index in [1.165, 1.54) is 11.1 Å². The van der Waals surface area contributed by atoms with Crippen molar-refractivity contribution in [2.24, 2.45) is 18.9 Å². The van der Waals surface area contributed by atoms with Gasteiger partial charge in [0.15, 0.2) is 5.82 Å². The molecule has 2 aliphatic heterocycles. The highest BCUT2D eigenvalue weighted by molar-refractivity contribution is 5.97. The summed E-state index contributed by atoms with van der Waals surface area (Å²) in [4.78, 5) is 74.4. The number of methoxy groups -OCH3 is 1. The fraction of sp³-hybridized carbons (Fsp3) is 0.487. The van der Waals surface area contributed by atoms with Crippen molar-refractivity contribution >= 4 is 29.5 Å². The third-order valence-electron chi connectivity index (χ3n) is 9.36. The molecule has 2 aromatic carbocycles. The number of carbonyl (C=O) groups is 5. The molecule has 4 N–H and O–H groups in total. The Balaban J connectivity index is 1.47. The van der Waals surface area contributed by atoms with Crippen LogP contribution in [-0.4, -0.2) is 95.0 Å². The number of hydrogen-bond donors (Lipinski definition) is 4. The van der Waals surface area contributed by atoms with Crippen LogP contribution in [0.25, 0.3) is 0 Å². The molecule has 3 aliphatic rings. The molecule has 1 aliphatic carbocycles. The first-order valence-corrected chi connectivity index (χ1v) is 18.2. The number of rotatable bonds is 9. The molecule has 1 fully saturated rings. The predicted octanol–water partition coefficient (Wildman–Crippen LogP) is 2.16. The zero-order chi connectivity index (χ0) is 38.1. The van der Waals surface area contributed by atoms with Gasteiger partial charge < -0.3 is 40.2 Å². The molecule has 0 unspecified atom stereocenters. The minimum atomic E-state index is -1.13. The number of amides is 5. The van der Waals surface area contributed by atoms with E-state index in [-0.39, 0.29) is 55.6 Å². The smallest absolute Gasteiger partial charge is 0.287 e. The topological polar surface area (TPSA) is 173 Å². The molecule has 0 spiro atoms. The maximum absolute atomic E-state index is 14.1. The summed E-state index contributed by atoms with van der Waals surface area (Å²) in [6, 6.07) is 10.7. The first-order valence-electron chi connectivity index (χ1n) is 18.2. The van der Waals surface area contributed by atoms with Crippen LogP contribution in [0, 0.1) is 11.8 Å². The Labute approximate surface area is 310 Å². The van der Waals surface area contributed by atoms with Crippen LogP contribution in [0.1, 0.15) is 61.8 Å². The van der Waals surface area contributed by atoms with Crippen molar-refractivity contribution in [2.45, 2.75) is 77.0 Å². The number of aromatic nitrogens is 2. The lowest BCUT2D eigenvalue weighted by Crippen LogP contribution is -2.58. The zero-order valence-corrected chi connectivity index (χ0v) is 31.1. The highest BCUT2D eigenvalue weighted by atomic mass is 16.5. The van der Waals surface area contributed by atoms with Crippen molar-refractivity contribution in [1.82, 2.24) is 35.7 Å². The molecule has 3 aromatic rings. The number of nitrogens with zero attached hydrogens (tertiary/aromatic N) is 3. The summed E-state index contributed by atoms with van der Waals surface area (Å²) >= 11 is 0. The lowest BCUT2D eigenvalue weighted by Gasteiger charge is -2.29. The van der Waals surface area contributed by atoms with Gasteiger partial charge in [0, 0.05) is 38.8 Å². The second kappa shape index (κ2) is 17.9. The van der Waals surface area contributed by atoms with E-state index in [9.17, 15) is 24.0 Å². The summed E-state index contributed by atoms with van der Waals surface area (Å²) in [6.07, 6.45) is 5.88. The van der Waals surface area contributed by atoms with Gasteiger partial charge in [0.25, 0.3) is 5.91 Å². The Morgan fingerprint density at radius 1 is 1.00 bits per heavy atom. The Hall–Kier alpha value is -5.40. The number of hydrogen-bond acceptors (Lipinski definition) is 8. The Kier molecular flexibility index (Phi) is 13.1. The van der Waals surface area contributed by atoms with Gasteiger partial charge in [0.05, 0.1) is 19.7 Å². The zero-order valence-electron chi connectivity index (χ0n) is 31.1. The maximum atomic E-state index is 14.1. The molecule has 0 saturated heterocycles. The number of ether oxygens (including phenoxy) is 2. The normalized spacial score (nSPS) is 22.0. The highest BCUT2D eigenvalue weighted by Gasteiger charge is 2.34. The SMILES string of the molecule is COc1ccc(C[C@@H]2NC(=O)[C@@H](NC(=O)c3nccn3C)Cc3ccc(cc3)OC[C@H](CC(C)C)NC(=O)CN(CC3CC3)C(=O)[C@@H](C)NC2=O)cc1. The Morgan fingerprint density at radius 2 is 1.72 bits per heavy atom. The Bertz CT molecular complexity index is 1740. The number of carbonyl (C=O) groups excluding carboxylic acids is 5. The van der Waals surface area contributed by atoms with Gasteiger partial charge in [0.2, 0.25) is 23.6 Å². The van der Waals surface area contributed by atoms with Crippen LogP contribution in [0.3, 0.4) is 0 Å². The van der Waals surface area contributed by atoms with Crippen LogP contribution >= 0.6 is 0 Å². The lowest BCUT2D eigenvalue weighted by atomic mass is 10.0. The summed E-state index contributed by atoms with van der Waals surface area (Å²) in [5, 5.41) is 11.5. The van der Waals surface area contributed by atoms with E-state index in [1.54, 1.807) is 68.2 Å². The van der Waals surface area contributed by atoms with Gasteiger partial charge in [-0.1, -0.05) is 38.1 Å². The van der Waals surface area contributed by atoms with Crippen LogP contribution < -0.4 is 30.7 Å². The van der Waals surface area contributed by atoms with Gasteiger partial charge in [-0.25, -0.2) is 4.98 Å². The maximum Gasteiger partial charge on any atom is 0.287 e. The molecular weight excluding hydrogens is 678 g/mol. The summed E-state index contributed by atoms with van der Waals surface area (Å²) < 4.78 is 12.9. The molecule has 1 saturated carbocycles. The van der Waals surface area contributed by atoms with E-state index in [0.717, 1.165) is 24.0 Å². The summed E-state index contributed by atoms with van der Waals surface area (Å²) in [6.45, 7) is 6.14. The van der Waals surface area contributed by atoms with E-state index < -0.39 is 41.8 Å². The number of benzene rings is 2. The molecule has 1 aromatic heterocycles. The average Bonchev–Trinajstić information content (AvgIpc) is 3.84. The fourth-order valence-electron chi connectivity index (χ4n) is 6.33. The van der Waals surface area contributed by atoms with E-state index >= 15 is 0 Å². The highest BCUT2D eigenvalue weighted by Crippen LogP contribution is 2.30. The molecule has 3 heterocycles. The van der Waals surface area contributed by atoms with Crippen LogP contribution in [0.5, 0.6) is 11.5 Å². The van der Waals surface area contributed by atoms with Crippen molar-refractivity contribution in [3.05, 3.63) is 77.9 Å². The first kappa shape index (κ1) is 38.8. The first-order chi connectivity index (χ1) is 25.4. The molecule has 5 amide bonds. The number of nitrogens with one attached hydrogen (secondary N) is 4. The van der Waals surface area contributed by atoms with Gasteiger partial charge in [-0.05, 0) is 73.4 Å². The monoisotopic (exact) mass is 729 g/mol. The van der Waals surface area contributed by atoms with E-state index in [0.29, 0.717) is 24.5 Å². The molecule has 14 heteroatoms. The van der Waals surface area contributed by atoms with Gasteiger partial charge in [-0.3, -0.25) is 24.0 Å². The molecular formula is C39H51N7O7. The third kappa shape index (κ3) is 11.3. The van der Waals surface area contributed by atoms with Crippen LogP contribution in [-0.2, 0) is 39.1 Å². The molecule has 284 valence electrons. The van der Waals surface area contributed by atoms with E-state index in [2.05, 4.69) is 40.1 Å². The minimum Gasteiger partial charge on any atom is -0.497 e. The minimum absolute atomic E-state index is 0.0833. The van der Waals surface area contributed by atoms with Gasteiger partial charge in [-0.2, -0.15) is 0 Å². The summed E-state index contributed by atoms with van der Waals surface area (Å²) in [5.74, 6) is -0.583. The Morgan fingerprint density at radius 3 is 2.34 bits per heavy atom. The standard InChI is InChI=1S/C39H51N7O7/c1-24(2)18-29-23-53-31-14-10-27(11-15-31)20-33(44-38(50)35-40-16-17-45(35)4)37(49)43-32(19-26-8-12-30(52-5)13-9-26)36(48)41-25(3)39(51)46(21-28-6-7-28)22-34(47)42-29/h8-17,24-25,28-29,32-33H,6-7,18-23H2,1-5H3,(H,41,48)(H,42,47)(H,43,49)(H,44,50)/t25-,29+,32+,33+/m1/s1. The lowest BCUT2D eigenvalue weighted by molar-refractivity contribution is -0.140. The van der Waals surface area contributed by atoms with Gasteiger partial charge in [-0.15, -0.1) is 0 Å². The molecule has 0 radical (unpaired) electrons. The molecule has 53 heavy (non-hydrogen) atoms. The van der Waals surface area contributed by atoms with Crippen LogP contribution in [0.15, 0.2) is 60.9 Å². The quantitative estimate of drug-likeness (QED) is 0.243. The van der Waals surface area contributed by atoms with Crippen molar-refractivity contribution < 1.29 is 33.4 Å². The molecule has 4 atom stereocenters. The number of aryl methyl sites for hydroxylation is 1. The van der Waals surface area contributed by atoms with Crippen molar-refractivity contribution in [2.75, 3.05) is 26.8 Å². The largest absolute Gasteiger partial charge is 0.497 e. The third-order valence-corrected chi connectivity index (χ3v) is 9.36. The predicted molar refractivity (Wildman–Crippen MR) is 197 cm³/mol. The second-order valence-corrected chi connectivity index (χ2v) is 14.4. The van der Waals surface area contributed by atoms with Crippen LogP contribution in [0.4, 0.5) is 0 Å².